The first-order valence-electron chi connectivity index (χ1n) is 21.4. The lowest BCUT2D eigenvalue weighted by atomic mass is 9.80. The highest BCUT2D eigenvalue weighted by Gasteiger charge is 2.36. The highest BCUT2D eigenvalue weighted by molar-refractivity contribution is 6.11. The SMILES string of the molecule is Cc1cc(C)cc(-n2c3ccccc3c3cc(-c4ccc5c(c4)C(C)(C)c4cc(-c6ccc(-c7ccc8c(c7)c7ccccc7n8-c7ccccc7)cc6)ccc4-5)ccc32)c1. The van der Waals surface area contributed by atoms with Crippen LogP contribution < -0.4 is 0 Å². The molecule has 290 valence electrons. The molecule has 61 heavy (non-hydrogen) atoms. The van der Waals surface area contributed by atoms with Crippen LogP contribution in [0.2, 0.25) is 0 Å². The van der Waals surface area contributed by atoms with Crippen LogP contribution in [0.25, 0.3) is 99.5 Å². The monoisotopic (exact) mass is 780 g/mol. The molecular weight excluding hydrogens is 737 g/mol. The Labute approximate surface area is 356 Å². The van der Waals surface area contributed by atoms with Gasteiger partial charge in [0.25, 0.3) is 0 Å². The van der Waals surface area contributed by atoms with E-state index < -0.39 is 0 Å². The molecule has 0 unspecified atom stereocenters. The van der Waals surface area contributed by atoms with Crippen LogP contribution in [0.1, 0.15) is 36.1 Å². The first-order chi connectivity index (χ1) is 29.8. The second kappa shape index (κ2) is 13.3. The molecule has 12 rings (SSSR count). The van der Waals surface area contributed by atoms with Crippen molar-refractivity contribution in [3.8, 4) is 55.9 Å². The first kappa shape index (κ1) is 35.5. The fraction of sp³-hybridized carbons (Fsp3) is 0.0847. The Hall–Kier alpha value is -7.42. The van der Waals surface area contributed by atoms with Crippen molar-refractivity contribution in [1.82, 2.24) is 9.13 Å². The molecule has 0 bridgehead atoms. The number of nitrogens with zero attached hydrogens (tertiary/aromatic N) is 2. The van der Waals surface area contributed by atoms with Crippen molar-refractivity contribution in [1.29, 1.82) is 0 Å². The van der Waals surface area contributed by atoms with Gasteiger partial charge in [-0.3, -0.25) is 0 Å². The number of para-hydroxylation sites is 3. The van der Waals surface area contributed by atoms with Crippen LogP contribution >= 0.6 is 0 Å². The van der Waals surface area contributed by atoms with E-state index >= 15 is 0 Å². The summed E-state index contributed by atoms with van der Waals surface area (Å²) >= 11 is 0. The van der Waals surface area contributed by atoms with Crippen molar-refractivity contribution in [3.05, 3.63) is 216 Å². The van der Waals surface area contributed by atoms with E-state index in [0.29, 0.717) is 0 Å². The number of hydrogen-bond donors (Lipinski definition) is 0. The number of hydrogen-bond acceptors (Lipinski definition) is 0. The van der Waals surface area contributed by atoms with Crippen LogP contribution in [0.5, 0.6) is 0 Å². The summed E-state index contributed by atoms with van der Waals surface area (Å²) in [7, 11) is 0. The number of aromatic nitrogens is 2. The molecule has 0 fully saturated rings. The maximum Gasteiger partial charge on any atom is 0.0541 e. The van der Waals surface area contributed by atoms with Gasteiger partial charge in [0.2, 0.25) is 0 Å². The summed E-state index contributed by atoms with van der Waals surface area (Å²) in [6, 6.07) is 72.3. The molecule has 0 saturated carbocycles. The van der Waals surface area contributed by atoms with Gasteiger partial charge in [0.05, 0.1) is 22.1 Å². The summed E-state index contributed by atoms with van der Waals surface area (Å²) in [6.07, 6.45) is 0. The Morgan fingerprint density at radius 1 is 0.311 bits per heavy atom. The van der Waals surface area contributed by atoms with Gasteiger partial charge in [-0.2, -0.15) is 0 Å². The molecule has 0 radical (unpaired) electrons. The Morgan fingerprint density at radius 3 is 1.25 bits per heavy atom. The average Bonchev–Trinajstić information content (AvgIpc) is 3.88. The molecule has 0 atom stereocenters. The summed E-state index contributed by atoms with van der Waals surface area (Å²) < 4.78 is 4.80. The van der Waals surface area contributed by atoms with Gasteiger partial charge >= 0.3 is 0 Å². The lowest BCUT2D eigenvalue weighted by Gasteiger charge is -2.22. The van der Waals surface area contributed by atoms with Crippen LogP contribution in [-0.2, 0) is 5.41 Å². The second-order valence-corrected chi connectivity index (χ2v) is 17.6. The molecule has 2 aromatic heterocycles. The van der Waals surface area contributed by atoms with E-state index in [2.05, 4.69) is 231 Å². The van der Waals surface area contributed by atoms with Gasteiger partial charge in [-0.15, -0.1) is 0 Å². The van der Waals surface area contributed by atoms with E-state index in [1.54, 1.807) is 0 Å². The van der Waals surface area contributed by atoms with Gasteiger partial charge in [0.15, 0.2) is 0 Å². The largest absolute Gasteiger partial charge is 0.309 e. The molecule has 0 amide bonds. The zero-order valence-corrected chi connectivity index (χ0v) is 34.9. The minimum absolute atomic E-state index is 0.145. The maximum absolute atomic E-state index is 2.45. The Bertz CT molecular complexity index is 3540. The Balaban J connectivity index is 0.870. The smallest absolute Gasteiger partial charge is 0.0541 e. The van der Waals surface area contributed by atoms with Crippen molar-refractivity contribution in [2.24, 2.45) is 0 Å². The maximum atomic E-state index is 2.45. The van der Waals surface area contributed by atoms with Gasteiger partial charge in [0, 0.05) is 38.3 Å². The third-order valence-corrected chi connectivity index (χ3v) is 13.4. The topological polar surface area (TPSA) is 9.86 Å². The fourth-order valence-electron chi connectivity index (χ4n) is 10.5. The van der Waals surface area contributed by atoms with Gasteiger partial charge in [-0.1, -0.05) is 135 Å². The van der Waals surface area contributed by atoms with Crippen molar-refractivity contribution >= 4 is 43.6 Å². The van der Waals surface area contributed by atoms with Crippen molar-refractivity contribution in [3.63, 3.8) is 0 Å². The normalized spacial score (nSPS) is 13.0. The number of aryl methyl sites for hydroxylation is 2. The highest BCUT2D eigenvalue weighted by Crippen LogP contribution is 2.51. The van der Waals surface area contributed by atoms with Gasteiger partial charge in [-0.25, -0.2) is 0 Å². The minimum Gasteiger partial charge on any atom is -0.309 e. The van der Waals surface area contributed by atoms with Gasteiger partial charge in [-0.05, 0) is 153 Å². The van der Waals surface area contributed by atoms with Crippen LogP contribution in [0.3, 0.4) is 0 Å². The van der Waals surface area contributed by atoms with Gasteiger partial charge < -0.3 is 9.13 Å². The number of benzene rings is 9. The molecule has 9 aromatic carbocycles. The van der Waals surface area contributed by atoms with E-state index in [1.807, 2.05) is 0 Å². The van der Waals surface area contributed by atoms with Crippen LogP contribution in [0.15, 0.2) is 194 Å². The van der Waals surface area contributed by atoms with E-state index in [4.69, 9.17) is 0 Å². The third-order valence-electron chi connectivity index (χ3n) is 13.4. The molecule has 11 aromatic rings. The molecule has 0 spiro atoms. The van der Waals surface area contributed by atoms with Crippen LogP contribution in [0.4, 0.5) is 0 Å². The minimum atomic E-state index is -0.145. The zero-order valence-electron chi connectivity index (χ0n) is 34.9. The van der Waals surface area contributed by atoms with Crippen LogP contribution in [0, 0.1) is 13.8 Å². The zero-order chi connectivity index (χ0) is 41.0. The molecule has 0 N–H and O–H groups in total. The molecule has 2 nitrogen and oxygen atoms in total. The number of fused-ring (bicyclic) bond motifs is 9. The van der Waals surface area contributed by atoms with Crippen molar-refractivity contribution in [2.45, 2.75) is 33.1 Å². The summed E-state index contributed by atoms with van der Waals surface area (Å²) in [5.41, 5.74) is 22.6. The fourth-order valence-corrected chi connectivity index (χ4v) is 10.5. The van der Waals surface area contributed by atoms with Crippen molar-refractivity contribution in [2.75, 3.05) is 0 Å². The molecule has 0 saturated heterocycles. The quantitative estimate of drug-likeness (QED) is 0.165. The average molecular weight is 781 g/mol. The van der Waals surface area contributed by atoms with Crippen molar-refractivity contribution < 1.29 is 0 Å². The molecule has 1 aliphatic rings. The van der Waals surface area contributed by atoms with E-state index in [9.17, 15) is 0 Å². The van der Waals surface area contributed by atoms with E-state index in [-0.39, 0.29) is 5.41 Å². The Morgan fingerprint density at radius 2 is 0.705 bits per heavy atom. The predicted octanol–water partition coefficient (Wildman–Crippen LogP) is 15.8. The van der Waals surface area contributed by atoms with E-state index in [0.717, 1.165) is 0 Å². The Kier molecular flexibility index (Phi) is 7.74. The summed E-state index contributed by atoms with van der Waals surface area (Å²) in [5, 5.41) is 5.10. The summed E-state index contributed by atoms with van der Waals surface area (Å²) in [5.74, 6) is 0. The molecule has 1 aliphatic carbocycles. The predicted molar refractivity (Wildman–Crippen MR) is 258 cm³/mol. The molecular formula is C59H44N2. The highest BCUT2D eigenvalue weighted by atomic mass is 15.0. The van der Waals surface area contributed by atoms with E-state index in [1.165, 1.54) is 122 Å². The second-order valence-electron chi connectivity index (χ2n) is 17.6. The molecule has 2 heterocycles. The lowest BCUT2D eigenvalue weighted by molar-refractivity contribution is 0.661. The molecule has 2 heteroatoms. The third kappa shape index (κ3) is 5.49. The first-order valence-corrected chi connectivity index (χ1v) is 21.4. The summed E-state index contributed by atoms with van der Waals surface area (Å²) in [6.45, 7) is 9.14. The molecule has 0 aliphatic heterocycles. The number of rotatable bonds is 5. The van der Waals surface area contributed by atoms with Gasteiger partial charge in [0.1, 0.15) is 0 Å². The van der Waals surface area contributed by atoms with Crippen LogP contribution in [-0.4, -0.2) is 9.13 Å². The summed E-state index contributed by atoms with van der Waals surface area (Å²) in [4.78, 5) is 0. The standard InChI is InChI=1S/C59H44N2/c1-37-30-38(2)32-46(31-37)61-56-17-11-9-15-50(56)52-34-42(25-29-58(52)61)44-23-27-48-47-26-22-43(35-53(47)59(3,4)54(48)36-44)40-20-18-39(19-21-40)41-24-28-57-51(33-41)49-14-8-10-16-55(49)60(57)45-12-6-5-7-13-45/h5-36H,1-4H3. The lowest BCUT2D eigenvalue weighted by Crippen LogP contribution is -2.15.